The number of amides is 2. The number of pyridine rings is 1. The second kappa shape index (κ2) is 11.2. The fraction of sp³-hybridized carbons (Fsp3) is 0.407. The molecule has 0 spiro atoms. The standard InChI is InChI=1S/C27H33N5O3/c1-20-8-4-5-9-22(20)18-24(30(2)25(33)19-32-15-7-14-29-32)21-11-16-31(17-12-21)27(34)23-10-6-13-28-26(23)35-3/h4-10,13-15,21,24H,11-12,16-19H2,1-3H3/t24-/m1/s1. The Morgan fingerprint density at radius 3 is 2.57 bits per heavy atom. The third-order valence-corrected chi connectivity index (χ3v) is 7.00. The van der Waals surface area contributed by atoms with Gasteiger partial charge in [0.2, 0.25) is 11.8 Å². The van der Waals surface area contributed by atoms with Gasteiger partial charge in [0.25, 0.3) is 5.91 Å². The van der Waals surface area contributed by atoms with Crippen LogP contribution in [-0.2, 0) is 17.8 Å². The quantitative estimate of drug-likeness (QED) is 0.500. The minimum Gasteiger partial charge on any atom is -0.480 e. The van der Waals surface area contributed by atoms with Crippen molar-refractivity contribution in [1.82, 2.24) is 24.6 Å². The van der Waals surface area contributed by atoms with Crippen molar-refractivity contribution in [3.63, 3.8) is 0 Å². The smallest absolute Gasteiger partial charge is 0.259 e. The maximum absolute atomic E-state index is 13.2. The van der Waals surface area contributed by atoms with Crippen LogP contribution in [0.2, 0.25) is 0 Å². The molecule has 0 unspecified atom stereocenters. The van der Waals surface area contributed by atoms with E-state index in [1.54, 1.807) is 35.4 Å². The number of likely N-dealkylation sites (N-methyl/N-ethyl adjacent to an activating group) is 1. The first-order valence-corrected chi connectivity index (χ1v) is 12.0. The number of ether oxygens (including phenoxy) is 1. The number of piperidine rings is 1. The predicted octanol–water partition coefficient (Wildman–Crippen LogP) is 3.22. The number of likely N-dealkylation sites (tertiary alicyclic amines) is 1. The first kappa shape index (κ1) is 24.4. The molecule has 1 fully saturated rings. The van der Waals surface area contributed by atoms with Gasteiger partial charge in [-0.3, -0.25) is 14.3 Å². The fourth-order valence-electron chi connectivity index (χ4n) is 4.89. The van der Waals surface area contributed by atoms with E-state index in [1.807, 2.05) is 35.0 Å². The van der Waals surface area contributed by atoms with Crippen molar-refractivity contribution in [1.29, 1.82) is 0 Å². The molecule has 1 aliphatic heterocycles. The number of aryl methyl sites for hydroxylation is 1. The number of hydrogen-bond donors (Lipinski definition) is 0. The minimum absolute atomic E-state index is 0.0318. The Labute approximate surface area is 206 Å². The van der Waals surface area contributed by atoms with Gasteiger partial charge >= 0.3 is 0 Å². The Morgan fingerprint density at radius 2 is 1.89 bits per heavy atom. The molecule has 3 aromatic rings. The summed E-state index contributed by atoms with van der Waals surface area (Å²) in [7, 11) is 3.42. The van der Waals surface area contributed by atoms with Gasteiger partial charge in [0.05, 0.1) is 7.11 Å². The van der Waals surface area contributed by atoms with Gasteiger partial charge in [-0.1, -0.05) is 24.3 Å². The number of hydrogen-bond acceptors (Lipinski definition) is 5. The summed E-state index contributed by atoms with van der Waals surface area (Å²) in [6.07, 6.45) is 7.53. The molecule has 1 aromatic carbocycles. The molecular formula is C27H33N5O3. The molecular weight excluding hydrogens is 442 g/mol. The van der Waals surface area contributed by atoms with Crippen LogP contribution in [0.3, 0.4) is 0 Å². The zero-order valence-corrected chi connectivity index (χ0v) is 20.6. The molecule has 1 atom stereocenters. The van der Waals surface area contributed by atoms with E-state index in [-0.39, 0.29) is 30.3 Å². The maximum Gasteiger partial charge on any atom is 0.259 e. The summed E-state index contributed by atoms with van der Waals surface area (Å²) in [5, 5.41) is 4.19. The van der Waals surface area contributed by atoms with E-state index in [0.29, 0.717) is 24.5 Å². The van der Waals surface area contributed by atoms with Crippen LogP contribution in [0.5, 0.6) is 5.88 Å². The Hall–Kier alpha value is -3.68. The average molecular weight is 476 g/mol. The monoisotopic (exact) mass is 475 g/mol. The third-order valence-electron chi connectivity index (χ3n) is 7.00. The largest absolute Gasteiger partial charge is 0.480 e. The number of carbonyl (C=O) groups excluding carboxylic acids is 2. The lowest BCUT2D eigenvalue weighted by Crippen LogP contribution is -2.49. The van der Waals surface area contributed by atoms with E-state index in [4.69, 9.17) is 4.74 Å². The molecule has 1 saturated heterocycles. The number of methoxy groups -OCH3 is 1. The molecule has 0 radical (unpaired) electrons. The molecule has 1 aliphatic rings. The Bertz CT molecular complexity index is 1140. The summed E-state index contributed by atoms with van der Waals surface area (Å²) in [4.78, 5) is 34.2. The Balaban J connectivity index is 1.49. The first-order valence-electron chi connectivity index (χ1n) is 12.0. The highest BCUT2D eigenvalue weighted by atomic mass is 16.5. The molecule has 0 saturated carbocycles. The maximum atomic E-state index is 13.2. The molecule has 35 heavy (non-hydrogen) atoms. The van der Waals surface area contributed by atoms with Crippen LogP contribution in [0.25, 0.3) is 0 Å². The predicted molar refractivity (Wildman–Crippen MR) is 133 cm³/mol. The summed E-state index contributed by atoms with van der Waals surface area (Å²) < 4.78 is 6.94. The van der Waals surface area contributed by atoms with Crippen molar-refractivity contribution in [3.8, 4) is 5.88 Å². The van der Waals surface area contributed by atoms with Crippen LogP contribution in [-0.4, -0.2) is 69.7 Å². The molecule has 2 aromatic heterocycles. The van der Waals surface area contributed by atoms with Gasteiger partial charge in [0.15, 0.2) is 0 Å². The zero-order chi connectivity index (χ0) is 24.8. The van der Waals surface area contributed by atoms with E-state index < -0.39 is 0 Å². The highest BCUT2D eigenvalue weighted by molar-refractivity contribution is 5.96. The third kappa shape index (κ3) is 5.70. The summed E-state index contributed by atoms with van der Waals surface area (Å²) in [6.45, 7) is 3.59. The molecule has 4 rings (SSSR count). The lowest BCUT2D eigenvalue weighted by atomic mass is 9.84. The molecule has 184 valence electrons. The summed E-state index contributed by atoms with van der Waals surface area (Å²) in [5.41, 5.74) is 2.95. The van der Waals surface area contributed by atoms with Gasteiger partial charge < -0.3 is 14.5 Å². The lowest BCUT2D eigenvalue weighted by molar-refractivity contribution is -0.134. The van der Waals surface area contributed by atoms with Gasteiger partial charge in [-0.25, -0.2) is 4.98 Å². The molecule has 0 bridgehead atoms. The van der Waals surface area contributed by atoms with Crippen LogP contribution in [0.4, 0.5) is 0 Å². The fourth-order valence-corrected chi connectivity index (χ4v) is 4.89. The number of carbonyl (C=O) groups is 2. The van der Waals surface area contributed by atoms with E-state index in [2.05, 4.69) is 29.1 Å². The SMILES string of the molecule is COc1ncccc1C(=O)N1CCC([C@@H](Cc2ccccc2C)N(C)C(=O)Cn2cccn2)CC1. The summed E-state index contributed by atoms with van der Waals surface area (Å²) in [5.74, 6) is 0.597. The van der Waals surface area contributed by atoms with Crippen molar-refractivity contribution >= 4 is 11.8 Å². The molecule has 0 N–H and O–H groups in total. The van der Waals surface area contributed by atoms with E-state index in [9.17, 15) is 9.59 Å². The lowest BCUT2D eigenvalue weighted by Gasteiger charge is -2.40. The van der Waals surface area contributed by atoms with Gasteiger partial charge in [0, 0.05) is 44.8 Å². The second-order valence-electron chi connectivity index (χ2n) is 9.10. The van der Waals surface area contributed by atoms with Gasteiger partial charge in [-0.15, -0.1) is 0 Å². The highest BCUT2D eigenvalue weighted by Crippen LogP contribution is 2.29. The molecule has 8 heteroatoms. The second-order valence-corrected chi connectivity index (χ2v) is 9.10. The summed E-state index contributed by atoms with van der Waals surface area (Å²) >= 11 is 0. The van der Waals surface area contributed by atoms with E-state index >= 15 is 0 Å². The van der Waals surface area contributed by atoms with Gasteiger partial charge in [0.1, 0.15) is 12.1 Å². The Morgan fingerprint density at radius 1 is 1.11 bits per heavy atom. The van der Waals surface area contributed by atoms with Crippen molar-refractivity contribution in [3.05, 3.63) is 77.7 Å². The van der Waals surface area contributed by atoms with Crippen molar-refractivity contribution in [2.75, 3.05) is 27.2 Å². The van der Waals surface area contributed by atoms with Crippen molar-refractivity contribution in [2.45, 2.75) is 38.8 Å². The van der Waals surface area contributed by atoms with Crippen LogP contribution in [0.1, 0.15) is 34.3 Å². The molecule has 2 amide bonds. The van der Waals surface area contributed by atoms with E-state index in [1.165, 1.54) is 18.2 Å². The number of rotatable bonds is 8. The zero-order valence-electron chi connectivity index (χ0n) is 20.6. The number of nitrogens with zero attached hydrogens (tertiary/aromatic N) is 5. The number of aromatic nitrogens is 3. The van der Waals surface area contributed by atoms with Crippen molar-refractivity contribution < 1.29 is 14.3 Å². The first-order chi connectivity index (χ1) is 17.0. The van der Waals surface area contributed by atoms with Crippen LogP contribution < -0.4 is 4.74 Å². The minimum atomic E-state index is -0.0630. The highest BCUT2D eigenvalue weighted by Gasteiger charge is 2.34. The van der Waals surface area contributed by atoms with Crippen LogP contribution in [0.15, 0.2) is 61.1 Å². The average Bonchev–Trinajstić information content (AvgIpc) is 3.40. The normalized spacial score (nSPS) is 15.0. The number of benzene rings is 1. The Kier molecular flexibility index (Phi) is 7.80. The topological polar surface area (TPSA) is 80.6 Å². The van der Waals surface area contributed by atoms with Gasteiger partial charge in [-0.2, -0.15) is 5.10 Å². The molecule has 0 aliphatic carbocycles. The summed E-state index contributed by atoms with van der Waals surface area (Å²) in [6, 6.07) is 13.7. The van der Waals surface area contributed by atoms with Gasteiger partial charge in [-0.05, 0) is 61.4 Å². The molecule has 3 heterocycles. The van der Waals surface area contributed by atoms with E-state index in [0.717, 1.165) is 19.3 Å². The van der Waals surface area contributed by atoms with Crippen LogP contribution >= 0.6 is 0 Å². The van der Waals surface area contributed by atoms with Crippen LogP contribution in [0, 0.1) is 12.8 Å². The molecule has 8 nitrogen and oxygen atoms in total. The van der Waals surface area contributed by atoms with Crippen molar-refractivity contribution in [2.24, 2.45) is 5.92 Å².